The van der Waals surface area contributed by atoms with Gasteiger partial charge in [0.15, 0.2) is 0 Å². The molecule has 0 radical (unpaired) electrons. The number of carbonyl (C=O) groups excluding carboxylic acids is 2. The number of carbonyl (C=O) groups is 2. The lowest BCUT2D eigenvalue weighted by atomic mass is 9.95. The molecule has 1 fully saturated rings. The third-order valence-corrected chi connectivity index (χ3v) is 10.1. The summed E-state index contributed by atoms with van der Waals surface area (Å²) in [6.45, 7) is 0.716. The molecule has 1 aliphatic carbocycles. The van der Waals surface area contributed by atoms with Crippen LogP contribution >= 0.6 is 34.8 Å². The van der Waals surface area contributed by atoms with Crippen LogP contribution in [0.5, 0.6) is 0 Å². The van der Waals surface area contributed by atoms with Gasteiger partial charge in [0.1, 0.15) is 18.4 Å². The fourth-order valence-electron chi connectivity index (χ4n) is 4.89. The smallest absolute Gasteiger partial charge is 0.264 e. The minimum Gasteiger partial charge on any atom is -0.352 e. The van der Waals surface area contributed by atoms with Gasteiger partial charge in [0.25, 0.3) is 10.0 Å². The predicted octanol–water partition coefficient (Wildman–Crippen LogP) is 6.85. The molecule has 2 amide bonds. The van der Waals surface area contributed by atoms with Gasteiger partial charge in [-0.1, -0.05) is 78.3 Å². The van der Waals surface area contributed by atoms with E-state index in [1.165, 1.54) is 23.1 Å². The van der Waals surface area contributed by atoms with Gasteiger partial charge in [0.05, 0.1) is 15.6 Å². The van der Waals surface area contributed by atoms with Gasteiger partial charge in [-0.05, 0) is 62.2 Å². The molecule has 1 saturated carbocycles. The molecule has 4 rings (SSSR count). The Morgan fingerprint density at radius 1 is 0.929 bits per heavy atom. The summed E-state index contributed by atoms with van der Waals surface area (Å²) in [4.78, 5) is 28.7. The van der Waals surface area contributed by atoms with Crippen LogP contribution in [0.15, 0.2) is 71.6 Å². The largest absolute Gasteiger partial charge is 0.352 e. The van der Waals surface area contributed by atoms with Gasteiger partial charge in [0.2, 0.25) is 11.8 Å². The van der Waals surface area contributed by atoms with E-state index in [1.54, 1.807) is 43.3 Å². The SMILES string of the molecule is C[C@H](C(=O)NC1CCCCC1)N(Cc1c(Cl)cccc1Cl)C(=O)CN(c1ccc(F)c(Cl)c1)S(=O)(=O)c1ccccc1. The number of benzene rings is 3. The van der Waals surface area contributed by atoms with Gasteiger partial charge in [-0.15, -0.1) is 0 Å². The van der Waals surface area contributed by atoms with E-state index in [0.717, 1.165) is 48.5 Å². The minimum atomic E-state index is -4.32. The summed E-state index contributed by atoms with van der Waals surface area (Å²) in [5, 5.41) is 3.30. The zero-order valence-electron chi connectivity index (χ0n) is 22.9. The lowest BCUT2D eigenvalue weighted by molar-refractivity contribution is -0.139. The van der Waals surface area contributed by atoms with Crippen molar-refractivity contribution >= 4 is 62.3 Å². The molecule has 0 aliphatic heterocycles. The number of nitrogens with one attached hydrogen (secondary N) is 1. The quantitative estimate of drug-likeness (QED) is 0.259. The summed E-state index contributed by atoms with van der Waals surface area (Å²) < 4.78 is 42.5. The molecular weight excluding hydrogens is 624 g/mol. The summed E-state index contributed by atoms with van der Waals surface area (Å²) in [6.07, 6.45) is 4.80. The van der Waals surface area contributed by atoms with Crippen molar-refractivity contribution in [3.05, 3.63) is 93.2 Å². The van der Waals surface area contributed by atoms with Crippen LogP contribution in [-0.2, 0) is 26.2 Å². The van der Waals surface area contributed by atoms with E-state index in [2.05, 4.69) is 5.32 Å². The van der Waals surface area contributed by atoms with Crippen molar-refractivity contribution in [3.63, 3.8) is 0 Å². The molecule has 0 spiro atoms. The number of amides is 2. The molecule has 0 unspecified atom stereocenters. The van der Waals surface area contributed by atoms with Crippen LogP contribution in [0.2, 0.25) is 15.1 Å². The highest BCUT2D eigenvalue weighted by Crippen LogP contribution is 2.30. The van der Waals surface area contributed by atoms with Gasteiger partial charge in [-0.2, -0.15) is 0 Å². The summed E-state index contributed by atoms with van der Waals surface area (Å²) in [5.74, 6) is -1.82. The van der Waals surface area contributed by atoms with Gasteiger partial charge >= 0.3 is 0 Å². The molecule has 0 saturated heterocycles. The van der Waals surface area contributed by atoms with Crippen LogP contribution in [0.3, 0.4) is 0 Å². The molecule has 0 heterocycles. The maximum atomic E-state index is 14.1. The average Bonchev–Trinajstić information content (AvgIpc) is 2.97. The Balaban J connectivity index is 1.72. The van der Waals surface area contributed by atoms with Crippen molar-refractivity contribution in [2.45, 2.75) is 62.6 Å². The van der Waals surface area contributed by atoms with Crippen LogP contribution in [0.1, 0.15) is 44.6 Å². The number of anilines is 1. The molecule has 3 aromatic rings. The van der Waals surface area contributed by atoms with Gasteiger partial charge < -0.3 is 10.2 Å². The molecule has 1 aliphatic rings. The molecule has 1 atom stereocenters. The molecular formula is C30H31Cl3FN3O4S. The number of hydrogen-bond donors (Lipinski definition) is 1. The lowest BCUT2D eigenvalue weighted by Gasteiger charge is -2.33. The average molecular weight is 655 g/mol. The normalized spacial score (nSPS) is 14.7. The van der Waals surface area contributed by atoms with Crippen molar-refractivity contribution in [1.82, 2.24) is 10.2 Å². The standard InChI is InChI=1S/C30H31Cl3FN3O4S/c1-20(30(39)35-21-9-4-2-5-10-21)36(18-24-25(31)13-8-14-26(24)32)29(38)19-37(22-15-16-28(34)27(33)17-22)42(40,41)23-11-6-3-7-12-23/h3,6-8,11-17,20-21H,2,4-5,9-10,18-19H2,1H3,(H,35,39)/t20-/m1/s1. The molecule has 0 aromatic heterocycles. The summed E-state index contributed by atoms with van der Waals surface area (Å²) >= 11 is 18.9. The Labute approximate surface area is 260 Å². The van der Waals surface area contributed by atoms with E-state index in [1.807, 2.05) is 0 Å². The third-order valence-electron chi connectivity index (χ3n) is 7.31. The van der Waals surface area contributed by atoms with Crippen molar-refractivity contribution in [2.24, 2.45) is 0 Å². The molecule has 3 aromatic carbocycles. The molecule has 12 heteroatoms. The van der Waals surface area contributed by atoms with Crippen LogP contribution in [0.4, 0.5) is 10.1 Å². The number of halogens is 4. The Hall–Kier alpha value is -2.85. The zero-order chi connectivity index (χ0) is 30.4. The topological polar surface area (TPSA) is 86.8 Å². The maximum absolute atomic E-state index is 14.1. The Kier molecular flexibility index (Phi) is 10.8. The van der Waals surface area contributed by atoms with E-state index >= 15 is 0 Å². The molecule has 42 heavy (non-hydrogen) atoms. The van der Waals surface area contributed by atoms with Crippen molar-refractivity contribution < 1.29 is 22.4 Å². The second-order valence-corrected chi connectivity index (χ2v) is 13.2. The number of sulfonamides is 1. The van der Waals surface area contributed by atoms with Crippen molar-refractivity contribution in [1.29, 1.82) is 0 Å². The minimum absolute atomic E-state index is 0.00846. The monoisotopic (exact) mass is 653 g/mol. The summed E-state index contributed by atoms with van der Waals surface area (Å²) in [5.41, 5.74) is 0.391. The van der Waals surface area contributed by atoms with Gasteiger partial charge in [0, 0.05) is 28.2 Å². The second-order valence-electron chi connectivity index (χ2n) is 10.2. The first-order valence-electron chi connectivity index (χ1n) is 13.5. The first kappa shape index (κ1) is 32.1. The van der Waals surface area contributed by atoms with Crippen LogP contribution < -0.4 is 9.62 Å². The molecule has 7 nitrogen and oxygen atoms in total. The second kappa shape index (κ2) is 14.1. The van der Waals surface area contributed by atoms with E-state index < -0.39 is 34.3 Å². The van der Waals surface area contributed by atoms with Crippen molar-refractivity contribution in [3.8, 4) is 0 Å². The summed E-state index contributed by atoms with van der Waals surface area (Å²) in [7, 11) is -4.32. The Morgan fingerprint density at radius 3 is 2.19 bits per heavy atom. The van der Waals surface area contributed by atoms with E-state index in [4.69, 9.17) is 34.8 Å². The van der Waals surface area contributed by atoms with E-state index in [-0.39, 0.29) is 34.1 Å². The molecule has 224 valence electrons. The summed E-state index contributed by atoms with van der Waals surface area (Å²) in [6, 6.07) is 14.8. The lowest BCUT2D eigenvalue weighted by Crippen LogP contribution is -2.53. The zero-order valence-corrected chi connectivity index (χ0v) is 26.0. The predicted molar refractivity (Wildman–Crippen MR) is 164 cm³/mol. The van der Waals surface area contributed by atoms with Gasteiger partial charge in [-0.25, -0.2) is 12.8 Å². The molecule has 1 N–H and O–H groups in total. The van der Waals surface area contributed by atoms with Crippen LogP contribution in [0.25, 0.3) is 0 Å². The van der Waals surface area contributed by atoms with E-state index in [9.17, 15) is 22.4 Å². The van der Waals surface area contributed by atoms with Crippen molar-refractivity contribution in [2.75, 3.05) is 10.8 Å². The fourth-order valence-corrected chi connectivity index (χ4v) is 7.01. The van der Waals surface area contributed by atoms with Crippen LogP contribution in [0, 0.1) is 5.82 Å². The van der Waals surface area contributed by atoms with Gasteiger partial charge in [-0.3, -0.25) is 13.9 Å². The highest BCUT2D eigenvalue weighted by Gasteiger charge is 2.34. The first-order chi connectivity index (χ1) is 20.0. The van der Waals surface area contributed by atoms with E-state index in [0.29, 0.717) is 15.6 Å². The Morgan fingerprint density at radius 2 is 1.57 bits per heavy atom. The fraction of sp³-hybridized carbons (Fsp3) is 0.333. The third kappa shape index (κ3) is 7.56. The highest BCUT2D eigenvalue weighted by molar-refractivity contribution is 7.92. The highest BCUT2D eigenvalue weighted by atomic mass is 35.5. The number of rotatable bonds is 10. The number of hydrogen-bond acceptors (Lipinski definition) is 4. The van der Waals surface area contributed by atoms with Crippen LogP contribution in [-0.4, -0.2) is 43.8 Å². The first-order valence-corrected chi connectivity index (χ1v) is 16.1. The maximum Gasteiger partial charge on any atom is 0.264 e. The number of nitrogens with zero attached hydrogens (tertiary/aromatic N) is 2. The molecule has 0 bridgehead atoms. The Bertz CT molecular complexity index is 1520.